The molecule has 0 atom stereocenters. The second-order valence-corrected chi connectivity index (χ2v) is 2.65. The first-order chi connectivity index (χ1) is 5.84. The van der Waals surface area contributed by atoms with Crippen LogP contribution in [0.25, 0.3) is 0 Å². The number of likely N-dealkylation sites (N-methyl/N-ethyl adjacent to an activating group) is 1. The Labute approximate surface area is 72.6 Å². The lowest BCUT2D eigenvalue weighted by molar-refractivity contribution is 0.119. The minimum Gasteiger partial charge on any atom is -0.374 e. The van der Waals surface area contributed by atoms with E-state index in [2.05, 4.69) is 10.3 Å². The highest BCUT2D eigenvalue weighted by atomic mass is 16.5. The topological polar surface area (TPSA) is 39.1 Å². The van der Waals surface area contributed by atoms with Crippen LogP contribution in [0.15, 0.2) is 12.5 Å². The van der Waals surface area contributed by atoms with Crippen LogP contribution >= 0.6 is 0 Å². The Morgan fingerprint density at radius 3 is 3.08 bits per heavy atom. The number of aromatic nitrogens is 2. The third-order valence-electron chi connectivity index (χ3n) is 1.66. The fourth-order valence-electron chi connectivity index (χ4n) is 0.875. The molecule has 1 heterocycles. The van der Waals surface area contributed by atoms with Gasteiger partial charge < -0.3 is 14.6 Å². The van der Waals surface area contributed by atoms with Gasteiger partial charge in [-0.15, -0.1) is 0 Å². The molecule has 68 valence electrons. The Morgan fingerprint density at radius 1 is 1.67 bits per heavy atom. The van der Waals surface area contributed by atoms with Crippen LogP contribution in [-0.4, -0.2) is 29.8 Å². The molecular weight excluding hydrogens is 154 g/mol. The first-order valence-electron chi connectivity index (χ1n) is 4.02. The van der Waals surface area contributed by atoms with Gasteiger partial charge in [0.2, 0.25) is 0 Å². The van der Waals surface area contributed by atoms with Crippen LogP contribution in [0.4, 0.5) is 0 Å². The summed E-state index contributed by atoms with van der Waals surface area (Å²) in [7, 11) is 3.87. The molecule has 0 unspecified atom stereocenters. The zero-order valence-electron chi connectivity index (χ0n) is 7.58. The normalized spacial score (nSPS) is 10.5. The molecule has 0 bridgehead atoms. The number of rotatable bonds is 5. The number of ether oxygens (including phenoxy) is 1. The lowest BCUT2D eigenvalue weighted by atomic mass is 10.5. The summed E-state index contributed by atoms with van der Waals surface area (Å²) < 4.78 is 7.33. The second-order valence-electron chi connectivity index (χ2n) is 2.65. The van der Waals surface area contributed by atoms with Crippen molar-refractivity contribution < 1.29 is 4.74 Å². The van der Waals surface area contributed by atoms with E-state index in [1.165, 1.54) is 0 Å². The number of aryl methyl sites for hydroxylation is 1. The average molecular weight is 169 g/mol. The van der Waals surface area contributed by atoms with Crippen molar-refractivity contribution in [2.45, 2.75) is 6.61 Å². The molecular formula is C8H15N3O. The Kier molecular flexibility index (Phi) is 3.76. The Morgan fingerprint density at radius 2 is 2.50 bits per heavy atom. The van der Waals surface area contributed by atoms with E-state index in [-0.39, 0.29) is 0 Å². The van der Waals surface area contributed by atoms with E-state index in [1.54, 1.807) is 6.33 Å². The van der Waals surface area contributed by atoms with Gasteiger partial charge in [-0.05, 0) is 7.05 Å². The predicted octanol–water partition coefficient (Wildman–Crippen LogP) is 0.156. The summed E-state index contributed by atoms with van der Waals surface area (Å²) in [6, 6.07) is 0. The molecule has 0 aromatic carbocycles. The molecule has 1 rings (SSSR count). The van der Waals surface area contributed by atoms with E-state index < -0.39 is 0 Å². The molecule has 0 aliphatic heterocycles. The number of imidazole rings is 1. The summed E-state index contributed by atoms with van der Waals surface area (Å²) in [5, 5.41) is 3.01. The minimum atomic E-state index is 0.637. The molecule has 0 spiro atoms. The van der Waals surface area contributed by atoms with Crippen molar-refractivity contribution in [3.8, 4) is 0 Å². The maximum atomic E-state index is 5.38. The van der Waals surface area contributed by atoms with Gasteiger partial charge in [0, 0.05) is 13.6 Å². The van der Waals surface area contributed by atoms with Crippen molar-refractivity contribution >= 4 is 0 Å². The highest BCUT2D eigenvalue weighted by Crippen LogP contribution is 1.97. The Balaban J connectivity index is 2.20. The molecule has 0 saturated carbocycles. The molecule has 0 aliphatic carbocycles. The first kappa shape index (κ1) is 9.22. The number of nitrogens with zero attached hydrogens (tertiary/aromatic N) is 2. The van der Waals surface area contributed by atoms with Crippen LogP contribution in [0, 0.1) is 0 Å². The maximum absolute atomic E-state index is 5.38. The van der Waals surface area contributed by atoms with Gasteiger partial charge in [0.05, 0.1) is 31.4 Å². The number of nitrogens with one attached hydrogen (secondary N) is 1. The fraction of sp³-hybridized carbons (Fsp3) is 0.625. The van der Waals surface area contributed by atoms with Gasteiger partial charge in [-0.1, -0.05) is 0 Å². The molecule has 1 aromatic rings. The van der Waals surface area contributed by atoms with Gasteiger partial charge >= 0.3 is 0 Å². The van der Waals surface area contributed by atoms with Gasteiger partial charge in [-0.25, -0.2) is 4.98 Å². The van der Waals surface area contributed by atoms with E-state index in [0.717, 1.165) is 18.8 Å². The SMILES string of the molecule is CNCCOCc1cncn1C. The van der Waals surface area contributed by atoms with Crippen LogP contribution in [0.1, 0.15) is 5.69 Å². The van der Waals surface area contributed by atoms with Gasteiger partial charge in [-0.3, -0.25) is 0 Å². The van der Waals surface area contributed by atoms with Crippen LogP contribution in [0.5, 0.6) is 0 Å². The standard InChI is InChI=1S/C8H15N3O/c1-9-3-4-12-6-8-5-10-7-11(8)2/h5,7,9H,3-4,6H2,1-2H3. The lowest BCUT2D eigenvalue weighted by Gasteiger charge is -2.03. The molecule has 0 saturated heterocycles. The third kappa shape index (κ3) is 2.64. The summed E-state index contributed by atoms with van der Waals surface area (Å²) in [4.78, 5) is 3.99. The molecule has 1 N–H and O–H groups in total. The van der Waals surface area contributed by atoms with Crippen molar-refractivity contribution in [2.75, 3.05) is 20.2 Å². The van der Waals surface area contributed by atoms with Crippen molar-refractivity contribution in [3.05, 3.63) is 18.2 Å². The zero-order valence-corrected chi connectivity index (χ0v) is 7.58. The zero-order chi connectivity index (χ0) is 8.81. The fourth-order valence-corrected chi connectivity index (χ4v) is 0.875. The van der Waals surface area contributed by atoms with Crippen LogP contribution in [0.2, 0.25) is 0 Å². The maximum Gasteiger partial charge on any atom is 0.0946 e. The monoisotopic (exact) mass is 169 g/mol. The Hall–Kier alpha value is -0.870. The van der Waals surface area contributed by atoms with E-state index in [1.807, 2.05) is 24.9 Å². The third-order valence-corrected chi connectivity index (χ3v) is 1.66. The van der Waals surface area contributed by atoms with E-state index in [4.69, 9.17) is 4.74 Å². The first-order valence-corrected chi connectivity index (χ1v) is 4.02. The van der Waals surface area contributed by atoms with Crippen LogP contribution in [-0.2, 0) is 18.4 Å². The molecule has 0 amide bonds. The minimum absolute atomic E-state index is 0.637. The molecule has 1 aromatic heterocycles. The quantitative estimate of drug-likeness (QED) is 0.638. The molecule has 0 aliphatic rings. The van der Waals surface area contributed by atoms with Crippen molar-refractivity contribution in [2.24, 2.45) is 7.05 Å². The highest BCUT2D eigenvalue weighted by Gasteiger charge is 1.96. The molecule has 4 heteroatoms. The smallest absolute Gasteiger partial charge is 0.0946 e. The summed E-state index contributed by atoms with van der Waals surface area (Å²) in [6.45, 7) is 2.26. The molecule has 0 radical (unpaired) electrons. The van der Waals surface area contributed by atoms with Gasteiger partial charge in [0.1, 0.15) is 0 Å². The summed E-state index contributed by atoms with van der Waals surface area (Å²) in [5.74, 6) is 0. The van der Waals surface area contributed by atoms with Gasteiger partial charge in [0.15, 0.2) is 0 Å². The summed E-state index contributed by atoms with van der Waals surface area (Å²) >= 11 is 0. The van der Waals surface area contributed by atoms with Crippen molar-refractivity contribution in [1.29, 1.82) is 0 Å². The van der Waals surface area contributed by atoms with Crippen LogP contribution < -0.4 is 5.32 Å². The lowest BCUT2D eigenvalue weighted by Crippen LogP contribution is -2.14. The molecule has 4 nitrogen and oxygen atoms in total. The summed E-state index contributed by atoms with van der Waals surface area (Å²) in [5.41, 5.74) is 1.10. The van der Waals surface area contributed by atoms with Gasteiger partial charge in [0.25, 0.3) is 0 Å². The summed E-state index contributed by atoms with van der Waals surface area (Å²) in [6.07, 6.45) is 3.59. The van der Waals surface area contributed by atoms with Crippen molar-refractivity contribution in [3.63, 3.8) is 0 Å². The molecule has 12 heavy (non-hydrogen) atoms. The van der Waals surface area contributed by atoms with Crippen molar-refractivity contribution in [1.82, 2.24) is 14.9 Å². The van der Waals surface area contributed by atoms with E-state index >= 15 is 0 Å². The molecule has 0 fully saturated rings. The van der Waals surface area contributed by atoms with E-state index in [9.17, 15) is 0 Å². The average Bonchev–Trinajstić information content (AvgIpc) is 2.46. The van der Waals surface area contributed by atoms with Crippen LogP contribution in [0.3, 0.4) is 0 Å². The second kappa shape index (κ2) is 4.90. The van der Waals surface area contributed by atoms with E-state index in [0.29, 0.717) is 6.61 Å². The van der Waals surface area contributed by atoms with Gasteiger partial charge in [-0.2, -0.15) is 0 Å². The predicted molar refractivity (Wildman–Crippen MR) is 46.8 cm³/mol. The number of hydrogen-bond donors (Lipinski definition) is 1. The number of hydrogen-bond acceptors (Lipinski definition) is 3. The Bertz CT molecular complexity index is 222. The highest BCUT2D eigenvalue weighted by molar-refractivity contribution is 4.94. The largest absolute Gasteiger partial charge is 0.374 e.